The summed E-state index contributed by atoms with van der Waals surface area (Å²) in [6.45, 7) is 2.97. The number of carbonyl (C=O) groups excluding carboxylic acids is 1. The lowest BCUT2D eigenvalue weighted by molar-refractivity contribution is 0.0945. The number of aromatic nitrogens is 3. The second kappa shape index (κ2) is 7.59. The van der Waals surface area contributed by atoms with Crippen molar-refractivity contribution in [3.63, 3.8) is 0 Å². The number of hydrogen-bond acceptors (Lipinski definition) is 5. The first-order valence-electron chi connectivity index (χ1n) is 8.89. The Hall–Kier alpha value is -3.19. The van der Waals surface area contributed by atoms with Crippen LogP contribution >= 0.6 is 0 Å². The number of rotatable bonds is 5. The molecule has 2 N–H and O–H groups in total. The van der Waals surface area contributed by atoms with Crippen molar-refractivity contribution in [1.29, 1.82) is 0 Å². The summed E-state index contributed by atoms with van der Waals surface area (Å²) in [7, 11) is 1.63. The van der Waals surface area contributed by atoms with Crippen LogP contribution in [0.2, 0.25) is 0 Å². The smallest absolute Gasteiger partial charge is 0.270 e. The van der Waals surface area contributed by atoms with Crippen LogP contribution in [0.25, 0.3) is 11.3 Å². The zero-order chi connectivity index (χ0) is 18.6. The van der Waals surface area contributed by atoms with Crippen LogP contribution in [0.15, 0.2) is 48.5 Å². The van der Waals surface area contributed by atoms with Gasteiger partial charge in [0.2, 0.25) is 0 Å². The van der Waals surface area contributed by atoms with E-state index in [0.29, 0.717) is 12.2 Å². The number of pyridine rings is 1. The molecule has 27 heavy (non-hydrogen) atoms. The normalized spacial score (nSPS) is 13.1. The Morgan fingerprint density at radius 2 is 2.11 bits per heavy atom. The predicted molar refractivity (Wildman–Crippen MR) is 101 cm³/mol. The number of nitrogens with zero attached hydrogens (tertiary/aromatic N) is 3. The van der Waals surface area contributed by atoms with Crippen molar-refractivity contribution in [1.82, 2.24) is 25.4 Å². The highest BCUT2D eigenvalue weighted by molar-refractivity contribution is 5.92. The van der Waals surface area contributed by atoms with Crippen LogP contribution in [0.3, 0.4) is 0 Å². The molecule has 138 valence electrons. The Bertz CT molecular complexity index is 926. The molecule has 4 rings (SSSR count). The van der Waals surface area contributed by atoms with Gasteiger partial charge >= 0.3 is 0 Å². The Morgan fingerprint density at radius 1 is 1.26 bits per heavy atom. The molecule has 0 saturated carbocycles. The number of methoxy groups -OCH3 is 1. The lowest BCUT2D eigenvalue weighted by atomic mass is 10.1. The highest BCUT2D eigenvalue weighted by atomic mass is 16.5. The van der Waals surface area contributed by atoms with Gasteiger partial charge in [-0.25, -0.2) is 4.98 Å². The van der Waals surface area contributed by atoms with Gasteiger partial charge in [0.25, 0.3) is 5.91 Å². The van der Waals surface area contributed by atoms with Gasteiger partial charge in [0.05, 0.1) is 37.3 Å². The third-order valence-electron chi connectivity index (χ3n) is 4.52. The summed E-state index contributed by atoms with van der Waals surface area (Å²) in [4.78, 5) is 17.0. The Labute approximate surface area is 157 Å². The maximum Gasteiger partial charge on any atom is 0.270 e. The molecule has 1 amide bonds. The zero-order valence-electron chi connectivity index (χ0n) is 15.1. The summed E-state index contributed by atoms with van der Waals surface area (Å²) < 4.78 is 7.16. The van der Waals surface area contributed by atoms with E-state index >= 15 is 0 Å². The maximum absolute atomic E-state index is 12.5. The third kappa shape index (κ3) is 3.83. The summed E-state index contributed by atoms with van der Waals surface area (Å²) in [6, 6.07) is 15.0. The topological polar surface area (TPSA) is 81.1 Å². The average molecular weight is 363 g/mol. The third-order valence-corrected chi connectivity index (χ3v) is 4.52. The van der Waals surface area contributed by atoms with Crippen LogP contribution in [0.1, 0.15) is 21.9 Å². The molecule has 0 bridgehead atoms. The SMILES string of the molecule is COc1ccc(-c2cccc(C(=O)NCc3cc4n(n3)CCNC4)n2)cc1. The number of benzene rings is 1. The number of hydrogen-bond donors (Lipinski definition) is 2. The van der Waals surface area contributed by atoms with E-state index in [4.69, 9.17) is 4.74 Å². The Morgan fingerprint density at radius 3 is 2.89 bits per heavy atom. The average Bonchev–Trinajstić information content (AvgIpc) is 3.15. The van der Waals surface area contributed by atoms with Crippen LogP contribution in [-0.2, 0) is 19.6 Å². The molecular formula is C20H21N5O2. The van der Waals surface area contributed by atoms with Crippen molar-refractivity contribution in [2.24, 2.45) is 0 Å². The minimum atomic E-state index is -0.213. The molecule has 0 aliphatic carbocycles. The predicted octanol–water partition coefficient (Wildman–Crippen LogP) is 1.99. The van der Waals surface area contributed by atoms with Gasteiger partial charge in [-0.3, -0.25) is 9.48 Å². The molecule has 0 fully saturated rings. The van der Waals surface area contributed by atoms with Crippen LogP contribution < -0.4 is 15.4 Å². The van der Waals surface area contributed by atoms with Crippen LogP contribution in [0.4, 0.5) is 0 Å². The van der Waals surface area contributed by atoms with Gasteiger partial charge in [-0.15, -0.1) is 0 Å². The lowest BCUT2D eigenvalue weighted by Gasteiger charge is -2.13. The molecule has 0 unspecified atom stereocenters. The van der Waals surface area contributed by atoms with E-state index in [1.807, 2.05) is 47.1 Å². The van der Waals surface area contributed by atoms with E-state index < -0.39 is 0 Å². The Balaban J connectivity index is 1.44. The maximum atomic E-state index is 12.5. The quantitative estimate of drug-likeness (QED) is 0.725. The zero-order valence-corrected chi connectivity index (χ0v) is 15.1. The molecule has 0 radical (unpaired) electrons. The first kappa shape index (κ1) is 17.2. The summed E-state index contributed by atoms with van der Waals surface area (Å²) >= 11 is 0. The monoisotopic (exact) mass is 363 g/mol. The second-order valence-electron chi connectivity index (χ2n) is 6.35. The molecule has 0 saturated heterocycles. The molecule has 3 aromatic rings. The van der Waals surface area contributed by atoms with Gasteiger partial charge in [-0.2, -0.15) is 5.10 Å². The first-order valence-corrected chi connectivity index (χ1v) is 8.89. The summed E-state index contributed by atoms with van der Waals surface area (Å²) in [5, 5.41) is 10.7. The summed E-state index contributed by atoms with van der Waals surface area (Å²) in [5.41, 5.74) is 4.06. The highest BCUT2D eigenvalue weighted by Gasteiger charge is 2.13. The van der Waals surface area contributed by atoms with Crippen molar-refractivity contribution in [3.05, 3.63) is 65.6 Å². The molecule has 7 heteroatoms. The number of ether oxygens (including phenoxy) is 1. The molecule has 1 aliphatic rings. The standard InChI is InChI=1S/C20H21N5O2/c1-27-17-7-5-14(6-8-17)18-3-2-4-19(23-18)20(26)22-12-15-11-16-13-21-9-10-25(16)24-15/h2-8,11,21H,9-10,12-13H2,1H3,(H,22,26). The molecule has 2 aromatic heterocycles. The molecule has 1 aromatic carbocycles. The van der Waals surface area contributed by atoms with Crippen molar-refractivity contribution in [2.75, 3.05) is 13.7 Å². The summed E-state index contributed by atoms with van der Waals surface area (Å²) in [5.74, 6) is 0.570. The van der Waals surface area contributed by atoms with Gasteiger partial charge in [0, 0.05) is 18.7 Å². The molecular weight excluding hydrogens is 342 g/mol. The van der Waals surface area contributed by atoms with E-state index in [-0.39, 0.29) is 5.91 Å². The van der Waals surface area contributed by atoms with Crippen molar-refractivity contribution in [3.8, 4) is 17.0 Å². The van der Waals surface area contributed by atoms with Crippen LogP contribution in [-0.4, -0.2) is 34.3 Å². The molecule has 7 nitrogen and oxygen atoms in total. The fourth-order valence-electron chi connectivity index (χ4n) is 3.08. The van der Waals surface area contributed by atoms with E-state index in [1.54, 1.807) is 13.2 Å². The highest BCUT2D eigenvalue weighted by Crippen LogP contribution is 2.20. The molecule has 0 spiro atoms. The van der Waals surface area contributed by atoms with Crippen molar-refractivity contribution >= 4 is 5.91 Å². The van der Waals surface area contributed by atoms with E-state index in [0.717, 1.165) is 48.0 Å². The fraction of sp³-hybridized carbons (Fsp3) is 0.250. The van der Waals surface area contributed by atoms with Gasteiger partial charge in [-0.1, -0.05) is 6.07 Å². The molecule has 3 heterocycles. The van der Waals surface area contributed by atoms with E-state index in [9.17, 15) is 4.79 Å². The van der Waals surface area contributed by atoms with Gasteiger partial charge in [0.1, 0.15) is 11.4 Å². The minimum Gasteiger partial charge on any atom is -0.497 e. The second-order valence-corrected chi connectivity index (χ2v) is 6.35. The molecule has 0 atom stereocenters. The minimum absolute atomic E-state index is 0.213. The first-order chi connectivity index (χ1) is 13.2. The van der Waals surface area contributed by atoms with Gasteiger partial charge in [0.15, 0.2) is 0 Å². The summed E-state index contributed by atoms with van der Waals surface area (Å²) in [6.07, 6.45) is 0. The van der Waals surface area contributed by atoms with Crippen LogP contribution in [0, 0.1) is 0 Å². The van der Waals surface area contributed by atoms with E-state index in [1.165, 1.54) is 0 Å². The largest absolute Gasteiger partial charge is 0.497 e. The molecule has 1 aliphatic heterocycles. The number of carbonyl (C=O) groups is 1. The van der Waals surface area contributed by atoms with Gasteiger partial charge < -0.3 is 15.4 Å². The van der Waals surface area contributed by atoms with Gasteiger partial charge in [-0.05, 0) is 42.5 Å². The van der Waals surface area contributed by atoms with E-state index in [2.05, 4.69) is 20.7 Å². The van der Waals surface area contributed by atoms with Crippen LogP contribution in [0.5, 0.6) is 5.75 Å². The fourth-order valence-corrected chi connectivity index (χ4v) is 3.08. The number of nitrogens with one attached hydrogen (secondary N) is 2. The number of fused-ring (bicyclic) bond motifs is 1. The van der Waals surface area contributed by atoms with Crippen molar-refractivity contribution < 1.29 is 9.53 Å². The lowest BCUT2D eigenvalue weighted by Crippen LogP contribution is -2.28. The Kier molecular flexibility index (Phi) is 4.84. The number of amides is 1. The van der Waals surface area contributed by atoms with Crippen molar-refractivity contribution in [2.45, 2.75) is 19.6 Å².